The third-order valence-corrected chi connectivity index (χ3v) is 4.42. The molecule has 0 heterocycles. The Bertz CT molecular complexity index is 446. The number of rotatable bonds is 2. The van der Waals surface area contributed by atoms with Crippen molar-refractivity contribution in [1.29, 1.82) is 0 Å². The van der Waals surface area contributed by atoms with Crippen molar-refractivity contribution in [2.24, 2.45) is 11.8 Å². The number of Topliss-reactive ketones (excluding diaryl/α,β-unsaturated/α-hetero) is 1. The lowest BCUT2D eigenvalue weighted by Crippen LogP contribution is -2.28. The largest absolute Gasteiger partial charge is 0.498 e. The van der Waals surface area contributed by atoms with E-state index >= 15 is 0 Å². The van der Waals surface area contributed by atoms with E-state index in [0.29, 0.717) is 19.4 Å². The molecule has 0 aromatic rings. The third-order valence-electron chi connectivity index (χ3n) is 4.42. The molecule has 0 saturated heterocycles. The summed E-state index contributed by atoms with van der Waals surface area (Å²) in [6, 6.07) is 0. The maximum absolute atomic E-state index is 11.7. The highest BCUT2D eigenvalue weighted by Gasteiger charge is 2.55. The molecule has 0 radical (unpaired) electrons. The molecule has 17 heavy (non-hydrogen) atoms. The van der Waals surface area contributed by atoms with Crippen LogP contribution in [0.1, 0.15) is 33.1 Å². The Balaban J connectivity index is 1.95. The summed E-state index contributed by atoms with van der Waals surface area (Å²) in [4.78, 5) is 11.7. The first kappa shape index (κ1) is 11.0. The van der Waals surface area contributed by atoms with Crippen molar-refractivity contribution >= 4 is 5.78 Å². The van der Waals surface area contributed by atoms with Crippen LogP contribution in [0, 0.1) is 11.8 Å². The van der Waals surface area contributed by atoms with Crippen molar-refractivity contribution in [2.75, 3.05) is 6.61 Å². The van der Waals surface area contributed by atoms with E-state index in [9.17, 15) is 9.90 Å². The Morgan fingerprint density at radius 2 is 2.29 bits per heavy atom. The van der Waals surface area contributed by atoms with E-state index in [1.54, 1.807) is 0 Å². The Morgan fingerprint density at radius 3 is 3.00 bits per heavy atom. The molecule has 0 aromatic heterocycles. The zero-order valence-corrected chi connectivity index (χ0v) is 10.3. The van der Waals surface area contributed by atoms with Gasteiger partial charge in [0.15, 0.2) is 5.78 Å². The van der Waals surface area contributed by atoms with Crippen LogP contribution < -0.4 is 0 Å². The fraction of sp³-hybridized carbons (Fsp3) is 0.643. The maximum Gasteiger partial charge on any atom is 0.159 e. The van der Waals surface area contributed by atoms with E-state index in [1.165, 1.54) is 5.57 Å². The molecule has 0 aliphatic heterocycles. The zero-order valence-electron chi connectivity index (χ0n) is 10.3. The molecule has 3 heteroatoms. The average molecular weight is 234 g/mol. The molecule has 0 aromatic carbocycles. The van der Waals surface area contributed by atoms with Crippen LogP contribution in [-0.4, -0.2) is 23.1 Å². The Labute approximate surface area is 101 Å². The summed E-state index contributed by atoms with van der Waals surface area (Å²) in [6.45, 7) is 4.49. The van der Waals surface area contributed by atoms with Gasteiger partial charge in [-0.1, -0.05) is 5.57 Å². The minimum Gasteiger partial charge on any atom is -0.498 e. The standard InChI is InChI=1S/C14H18O3/c1-3-17-10-5-11-13-8(2)12(15)4-9(13)6-14(11,16)7-10/h7,9,11,16H,3-6H2,1-2H3/t9-,11+,14-/m0/s1. The van der Waals surface area contributed by atoms with Crippen LogP contribution >= 0.6 is 0 Å². The van der Waals surface area contributed by atoms with Gasteiger partial charge in [-0.15, -0.1) is 0 Å². The lowest BCUT2D eigenvalue weighted by molar-refractivity contribution is -0.115. The number of carbonyl (C=O) groups is 1. The second kappa shape index (κ2) is 3.45. The van der Waals surface area contributed by atoms with Gasteiger partial charge in [0.2, 0.25) is 0 Å². The van der Waals surface area contributed by atoms with E-state index in [1.807, 2.05) is 19.9 Å². The van der Waals surface area contributed by atoms with E-state index in [0.717, 1.165) is 17.8 Å². The van der Waals surface area contributed by atoms with Gasteiger partial charge in [-0.05, 0) is 37.8 Å². The Kier molecular flexibility index (Phi) is 2.24. The van der Waals surface area contributed by atoms with Gasteiger partial charge in [-0.2, -0.15) is 0 Å². The van der Waals surface area contributed by atoms with Crippen molar-refractivity contribution < 1.29 is 14.6 Å². The lowest BCUT2D eigenvalue weighted by atomic mass is 9.90. The molecule has 1 saturated carbocycles. The molecule has 92 valence electrons. The summed E-state index contributed by atoms with van der Waals surface area (Å²) < 4.78 is 5.51. The predicted octanol–water partition coefficient (Wildman–Crippen LogP) is 1.97. The average Bonchev–Trinajstić information content (AvgIpc) is 2.76. The first-order chi connectivity index (χ1) is 8.05. The van der Waals surface area contributed by atoms with Gasteiger partial charge in [-0.3, -0.25) is 4.79 Å². The number of carbonyl (C=O) groups excluding carboxylic acids is 1. The van der Waals surface area contributed by atoms with Crippen molar-refractivity contribution in [2.45, 2.75) is 38.7 Å². The molecule has 1 fully saturated rings. The number of hydrogen-bond donors (Lipinski definition) is 1. The Morgan fingerprint density at radius 1 is 1.53 bits per heavy atom. The first-order valence-electron chi connectivity index (χ1n) is 6.36. The summed E-state index contributed by atoms with van der Waals surface area (Å²) >= 11 is 0. The lowest BCUT2D eigenvalue weighted by Gasteiger charge is -2.21. The fourth-order valence-corrected chi connectivity index (χ4v) is 3.76. The third kappa shape index (κ3) is 1.41. The highest BCUT2D eigenvalue weighted by molar-refractivity contribution is 5.99. The highest BCUT2D eigenvalue weighted by Crippen LogP contribution is 2.56. The molecular formula is C14H18O3. The van der Waals surface area contributed by atoms with Crippen molar-refractivity contribution in [3.8, 4) is 0 Å². The first-order valence-corrected chi connectivity index (χ1v) is 6.36. The minimum atomic E-state index is -0.757. The number of hydrogen-bond acceptors (Lipinski definition) is 3. The van der Waals surface area contributed by atoms with E-state index in [2.05, 4.69) is 0 Å². The highest BCUT2D eigenvalue weighted by atomic mass is 16.5. The fourth-order valence-electron chi connectivity index (χ4n) is 3.76. The number of aliphatic hydroxyl groups is 1. The SMILES string of the molecule is CCOC1=C[C@@]2(O)C[C@@H]3CC(=O)C(C)=C3[C@H]2C1. The summed E-state index contributed by atoms with van der Waals surface area (Å²) in [7, 11) is 0. The molecule has 1 N–H and O–H groups in total. The minimum absolute atomic E-state index is 0.0838. The van der Waals surface area contributed by atoms with Gasteiger partial charge in [0, 0.05) is 18.8 Å². The molecule has 3 aliphatic carbocycles. The van der Waals surface area contributed by atoms with Gasteiger partial charge < -0.3 is 9.84 Å². The van der Waals surface area contributed by atoms with E-state index < -0.39 is 5.60 Å². The van der Waals surface area contributed by atoms with Crippen LogP contribution in [0.2, 0.25) is 0 Å². The topological polar surface area (TPSA) is 46.5 Å². The normalized spacial score (nSPS) is 39.5. The smallest absolute Gasteiger partial charge is 0.159 e. The predicted molar refractivity (Wildman–Crippen MR) is 63.2 cm³/mol. The molecule has 0 amide bonds. The molecule has 3 aliphatic rings. The monoisotopic (exact) mass is 234 g/mol. The molecule has 3 rings (SSSR count). The quantitative estimate of drug-likeness (QED) is 0.794. The van der Waals surface area contributed by atoms with Crippen molar-refractivity contribution in [3.05, 3.63) is 23.0 Å². The van der Waals surface area contributed by atoms with E-state index in [4.69, 9.17) is 4.74 Å². The summed E-state index contributed by atoms with van der Waals surface area (Å²) in [6.07, 6.45) is 3.91. The Hall–Kier alpha value is -1.09. The molecular weight excluding hydrogens is 216 g/mol. The van der Waals surface area contributed by atoms with Crippen LogP contribution in [0.25, 0.3) is 0 Å². The van der Waals surface area contributed by atoms with Crippen LogP contribution in [-0.2, 0) is 9.53 Å². The van der Waals surface area contributed by atoms with Crippen LogP contribution in [0.15, 0.2) is 23.0 Å². The van der Waals surface area contributed by atoms with Gasteiger partial charge in [0.1, 0.15) is 0 Å². The number of fused-ring (bicyclic) bond motifs is 3. The maximum atomic E-state index is 11.7. The molecule has 0 unspecified atom stereocenters. The van der Waals surface area contributed by atoms with Crippen LogP contribution in [0.4, 0.5) is 0 Å². The second-order valence-electron chi connectivity index (χ2n) is 5.40. The second-order valence-corrected chi connectivity index (χ2v) is 5.40. The summed E-state index contributed by atoms with van der Waals surface area (Å²) in [5.41, 5.74) is 1.33. The molecule has 3 atom stereocenters. The van der Waals surface area contributed by atoms with Gasteiger partial charge in [0.25, 0.3) is 0 Å². The van der Waals surface area contributed by atoms with Crippen LogP contribution in [0.3, 0.4) is 0 Å². The molecule has 3 nitrogen and oxygen atoms in total. The summed E-state index contributed by atoms with van der Waals surface area (Å²) in [5, 5.41) is 10.6. The van der Waals surface area contributed by atoms with Gasteiger partial charge in [-0.25, -0.2) is 0 Å². The molecule has 0 bridgehead atoms. The summed E-state index contributed by atoms with van der Waals surface area (Å²) in [5.74, 6) is 1.51. The van der Waals surface area contributed by atoms with Gasteiger partial charge >= 0.3 is 0 Å². The van der Waals surface area contributed by atoms with E-state index in [-0.39, 0.29) is 17.6 Å². The van der Waals surface area contributed by atoms with Crippen LogP contribution in [0.5, 0.6) is 0 Å². The number of ketones is 1. The van der Waals surface area contributed by atoms with Crippen molar-refractivity contribution in [3.63, 3.8) is 0 Å². The molecule has 0 spiro atoms. The number of allylic oxidation sites excluding steroid dienone is 2. The van der Waals surface area contributed by atoms with Gasteiger partial charge in [0.05, 0.1) is 18.0 Å². The number of ether oxygens (including phenoxy) is 1. The van der Waals surface area contributed by atoms with Crippen molar-refractivity contribution in [1.82, 2.24) is 0 Å². The zero-order chi connectivity index (χ0) is 12.2.